The molecule has 12 heteroatoms. The monoisotopic (exact) mass is 683 g/mol. The molecule has 11 nitrogen and oxygen atoms in total. The van der Waals surface area contributed by atoms with Crippen LogP contribution < -0.4 is 24.8 Å². The van der Waals surface area contributed by atoms with E-state index < -0.39 is 22.0 Å². The lowest BCUT2D eigenvalue weighted by Gasteiger charge is -2.39. The van der Waals surface area contributed by atoms with Crippen LogP contribution in [0.5, 0.6) is 17.2 Å². The molecule has 3 amide bonds. The number of sulfone groups is 1. The molecular weight excluding hydrogens is 646 g/mol. The van der Waals surface area contributed by atoms with E-state index in [-0.39, 0.29) is 42.2 Å². The highest BCUT2D eigenvalue weighted by atomic mass is 32.2. The highest BCUT2D eigenvalue weighted by Crippen LogP contribution is 2.33. The minimum atomic E-state index is -3.35. The quantitative estimate of drug-likeness (QED) is 0.331. The van der Waals surface area contributed by atoms with Crippen molar-refractivity contribution in [3.05, 3.63) is 108 Å². The van der Waals surface area contributed by atoms with Crippen LogP contribution in [0.4, 0.5) is 0 Å². The summed E-state index contributed by atoms with van der Waals surface area (Å²) in [5, 5.41) is 5.99. The molecule has 49 heavy (non-hydrogen) atoms. The minimum absolute atomic E-state index is 0.0822. The number of methoxy groups -OCH3 is 1. The summed E-state index contributed by atoms with van der Waals surface area (Å²) < 4.78 is 41.5. The normalized spacial score (nSPS) is 18.2. The smallest absolute Gasteiger partial charge is 0.258 e. The van der Waals surface area contributed by atoms with Gasteiger partial charge in [0.2, 0.25) is 5.91 Å². The molecule has 4 aromatic carbocycles. The van der Waals surface area contributed by atoms with Crippen molar-refractivity contribution in [2.45, 2.75) is 36.4 Å². The number of carbonyl (C=O) groups excluding carboxylic acids is 3. The van der Waals surface area contributed by atoms with E-state index in [0.717, 1.165) is 17.4 Å². The molecule has 2 N–H and O–H groups in total. The van der Waals surface area contributed by atoms with E-state index >= 15 is 0 Å². The van der Waals surface area contributed by atoms with Gasteiger partial charge in [0.15, 0.2) is 16.4 Å². The fourth-order valence-corrected chi connectivity index (χ4v) is 6.55. The summed E-state index contributed by atoms with van der Waals surface area (Å²) in [5.41, 5.74) is 3.34. The standard InChI is InChI=1S/C37H37N3O8S/c1-46-33-15-10-27-20-31(33)26-4-3-5-29(19-26)47-23-35(41)38-21-25-6-11-28(12-7-25)48-34-16-17-40(22-32(34)39-37(27)43)36(42)18-24-8-13-30(14-9-24)49(2,44)45/h3-15,19-20,32,34H,16-18,21-23H2,1-2H3,(H,38,41)(H,39,43)/t32-,34-/m1/s1. The van der Waals surface area contributed by atoms with Gasteiger partial charge in [-0.3, -0.25) is 14.4 Å². The summed E-state index contributed by atoms with van der Waals surface area (Å²) in [6.07, 6.45) is 1.24. The van der Waals surface area contributed by atoms with Gasteiger partial charge in [-0.2, -0.15) is 0 Å². The summed E-state index contributed by atoms with van der Waals surface area (Å²) in [7, 11) is -1.80. The second-order valence-corrected chi connectivity index (χ2v) is 14.1. The molecule has 3 aliphatic heterocycles. The number of fused-ring (bicyclic) bond motifs is 7. The molecule has 3 heterocycles. The van der Waals surface area contributed by atoms with Crippen molar-refractivity contribution in [2.75, 3.05) is 33.1 Å². The third-order valence-electron chi connectivity index (χ3n) is 8.60. The van der Waals surface area contributed by atoms with Crippen LogP contribution in [0.2, 0.25) is 0 Å². The van der Waals surface area contributed by atoms with E-state index in [4.69, 9.17) is 14.2 Å². The number of ether oxygens (including phenoxy) is 3. The van der Waals surface area contributed by atoms with E-state index in [0.29, 0.717) is 53.4 Å². The Morgan fingerprint density at radius 2 is 1.71 bits per heavy atom. The van der Waals surface area contributed by atoms with E-state index in [1.165, 1.54) is 12.1 Å². The SMILES string of the molecule is COc1ccc2cc1-c1cccc(c1)OCC(=O)NCc1ccc(cc1)O[C@@H]1CCN(C(=O)Cc3ccc(S(C)(=O)=O)cc3)C[C@H]1NC2=O. The van der Waals surface area contributed by atoms with E-state index in [9.17, 15) is 22.8 Å². The Bertz CT molecular complexity index is 1960. The van der Waals surface area contributed by atoms with Gasteiger partial charge in [-0.25, -0.2) is 8.42 Å². The maximum absolute atomic E-state index is 13.8. The molecular formula is C37H37N3O8S. The molecule has 1 fully saturated rings. The van der Waals surface area contributed by atoms with Gasteiger partial charge in [0.25, 0.3) is 11.8 Å². The average molecular weight is 684 g/mol. The molecule has 4 aromatic rings. The highest BCUT2D eigenvalue weighted by molar-refractivity contribution is 7.90. The predicted octanol–water partition coefficient (Wildman–Crippen LogP) is 3.80. The molecule has 0 aliphatic carbocycles. The number of hydrogen-bond acceptors (Lipinski definition) is 8. The lowest BCUT2D eigenvalue weighted by molar-refractivity contribution is -0.133. The maximum atomic E-state index is 13.8. The van der Waals surface area contributed by atoms with E-state index in [2.05, 4.69) is 10.6 Å². The first-order valence-corrected chi connectivity index (χ1v) is 17.8. The minimum Gasteiger partial charge on any atom is -0.496 e. The fraction of sp³-hybridized carbons (Fsp3) is 0.270. The van der Waals surface area contributed by atoms with Gasteiger partial charge < -0.3 is 29.7 Å². The molecule has 0 radical (unpaired) electrons. The average Bonchev–Trinajstić information content (AvgIpc) is 3.10. The van der Waals surface area contributed by atoms with Gasteiger partial charge in [-0.05, 0) is 71.3 Å². The molecule has 6 bridgehead atoms. The van der Waals surface area contributed by atoms with Crippen LogP contribution >= 0.6 is 0 Å². The molecule has 254 valence electrons. The summed E-state index contributed by atoms with van der Waals surface area (Å²) in [6.45, 7) is 0.765. The Morgan fingerprint density at radius 1 is 0.939 bits per heavy atom. The van der Waals surface area contributed by atoms with Crippen LogP contribution in [-0.2, 0) is 32.4 Å². The Kier molecular flexibility index (Phi) is 9.86. The third-order valence-corrected chi connectivity index (χ3v) is 9.73. The first-order chi connectivity index (χ1) is 23.6. The third kappa shape index (κ3) is 8.21. The Morgan fingerprint density at radius 3 is 2.45 bits per heavy atom. The van der Waals surface area contributed by atoms with Crippen molar-refractivity contribution in [3.63, 3.8) is 0 Å². The molecule has 7 rings (SSSR count). The summed E-state index contributed by atoms with van der Waals surface area (Å²) in [6, 6.07) is 25.4. The zero-order valence-electron chi connectivity index (χ0n) is 27.2. The lowest BCUT2D eigenvalue weighted by atomic mass is 9.98. The van der Waals surface area contributed by atoms with Crippen LogP contribution in [-0.4, -0.2) is 76.2 Å². The number of amides is 3. The number of piperidine rings is 1. The van der Waals surface area contributed by atoms with Crippen molar-refractivity contribution in [1.29, 1.82) is 0 Å². The molecule has 0 aromatic heterocycles. The number of carbonyl (C=O) groups is 3. The van der Waals surface area contributed by atoms with Crippen LogP contribution in [0.1, 0.15) is 27.9 Å². The number of nitrogens with zero attached hydrogens (tertiary/aromatic N) is 1. The van der Waals surface area contributed by atoms with Crippen LogP contribution in [0.3, 0.4) is 0 Å². The molecule has 0 unspecified atom stereocenters. The van der Waals surface area contributed by atoms with Crippen LogP contribution in [0, 0.1) is 0 Å². The zero-order valence-corrected chi connectivity index (χ0v) is 28.0. The van der Waals surface area contributed by atoms with Gasteiger partial charge in [0, 0.05) is 43.4 Å². The number of nitrogens with one attached hydrogen (secondary N) is 2. The fourth-order valence-electron chi connectivity index (χ4n) is 5.92. The largest absolute Gasteiger partial charge is 0.496 e. The number of hydrogen-bond donors (Lipinski definition) is 2. The Hall–Kier alpha value is -5.36. The Balaban J connectivity index is 1.28. The molecule has 3 aliphatic rings. The van der Waals surface area contributed by atoms with Gasteiger partial charge in [0.05, 0.1) is 24.5 Å². The Labute approximate surface area is 285 Å². The second kappa shape index (κ2) is 14.4. The highest BCUT2D eigenvalue weighted by Gasteiger charge is 2.34. The summed E-state index contributed by atoms with van der Waals surface area (Å²) in [4.78, 5) is 41.7. The van der Waals surface area contributed by atoms with Crippen molar-refractivity contribution in [1.82, 2.24) is 15.5 Å². The van der Waals surface area contributed by atoms with Crippen LogP contribution in [0.25, 0.3) is 11.1 Å². The molecule has 0 saturated carbocycles. The van der Waals surface area contributed by atoms with Gasteiger partial charge in [0.1, 0.15) is 23.4 Å². The van der Waals surface area contributed by atoms with Gasteiger partial charge in [-0.15, -0.1) is 0 Å². The lowest BCUT2D eigenvalue weighted by Crippen LogP contribution is -2.58. The molecule has 0 spiro atoms. The summed E-state index contributed by atoms with van der Waals surface area (Å²) in [5.74, 6) is 0.867. The maximum Gasteiger partial charge on any atom is 0.258 e. The van der Waals surface area contributed by atoms with Crippen molar-refractivity contribution >= 4 is 27.6 Å². The second-order valence-electron chi connectivity index (χ2n) is 12.1. The number of benzene rings is 4. The topological polar surface area (TPSA) is 140 Å². The van der Waals surface area contributed by atoms with Crippen molar-refractivity contribution in [3.8, 4) is 28.4 Å². The van der Waals surface area contributed by atoms with Gasteiger partial charge in [-0.1, -0.05) is 36.4 Å². The first-order valence-electron chi connectivity index (χ1n) is 15.9. The van der Waals surface area contributed by atoms with Crippen molar-refractivity contribution < 1.29 is 37.0 Å². The molecule has 1 saturated heterocycles. The predicted molar refractivity (Wildman–Crippen MR) is 182 cm³/mol. The number of rotatable bonds is 4. The first kappa shape index (κ1) is 33.5. The van der Waals surface area contributed by atoms with Gasteiger partial charge >= 0.3 is 0 Å². The summed E-state index contributed by atoms with van der Waals surface area (Å²) >= 11 is 0. The van der Waals surface area contributed by atoms with E-state index in [1.54, 1.807) is 60.5 Å². The molecule has 2 atom stereocenters. The van der Waals surface area contributed by atoms with Crippen LogP contribution in [0.15, 0.2) is 95.9 Å². The van der Waals surface area contributed by atoms with Crippen molar-refractivity contribution in [2.24, 2.45) is 0 Å². The van der Waals surface area contributed by atoms with E-state index in [1.807, 2.05) is 30.3 Å². The zero-order chi connectivity index (χ0) is 34.5. The number of likely N-dealkylation sites (tertiary alicyclic amines) is 1.